The molecule has 2 aromatic heterocycles. The van der Waals surface area contributed by atoms with E-state index < -0.39 is 17.7 Å². The molecule has 1 aliphatic heterocycles. The van der Waals surface area contributed by atoms with E-state index in [9.17, 15) is 14.7 Å². The Balaban J connectivity index is 1.62. The average molecular weight is 485 g/mol. The van der Waals surface area contributed by atoms with Crippen molar-refractivity contribution in [2.75, 3.05) is 37.8 Å². The summed E-state index contributed by atoms with van der Waals surface area (Å²) in [5.74, 6) is 1.74. The molecule has 3 rings (SSSR count). The van der Waals surface area contributed by atoms with Crippen molar-refractivity contribution in [2.45, 2.75) is 46.8 Å². The number of ether oxygens (including phenoxy) is 1. The third-order valence-electron chi connectivity index (χ3n) is 6.03. The summed E-state index contributed by atoms with van der Waals surface area (Å²) in [5.41, 5.74) is 0.0823. The Labute approximate surface area is 206 Å². The lowest BCUT2D eigenvalue weighted by atomic mass is 9.94. The Bertz CT molecular complexity index is 1050. The summed E-state index contributed by atoms with van der Waals surface area (Å²) >= 11 is 0. The fourth-order valence-corrected chi connectivity index (χ4v) is 3.78. The number of anilines is 2. The number of aliphatic hydroxyl groups is 1. The van der Waals surface area contributed by atoms with Crippen molar-refractivity contribution < 1.29 is 19.4 Å². The second-order valence-electron chi connectivity index (χ2n) is 10.1. The van der Waals surface area contributed by atoms with Crippen molar-refractivity contribution in [3.05, 3.63) is 36.2 Å². The van der Waals surface area contributed by atoms with E-state index >= 15 is 0 Å². The molecule has 0 aromatic carbocycles. The van der Waals surface area contributed by atoms with E-state index in [0.717, 1.165) is 25.9 Å². The van der Waals surface area contributed by atoms with Crippen LogP contribution in [0.2, 0.25) is 0 Å². The minimum absolute atomic E-state index is 0.0182. The van der Waals surface area contributed by atoms with Crippen LogP contribution in [-0.4, -0.2) is 70.2 Å². The molecule has 0 saturated carbocycles. The first-order valence-electron chi connectivity index (χ1n) is 11.8. The van der Waals surface area contributed by atoms with Crippen molar-refractivity contribution in [2.24, 2.45) is 11.3 Å². The maximum atomic E-state index is 12.6. The van der Waals surface area contributed by atoms with Crippen LogP contribution in [0.25, 0.3) is 0 Å². The molecule has 1 fully saturated rings. The highest BCUT2D eigenvalue weighted by molar-refractivity contribution is 5.92. The molecule has 10 nitrogen and oxygen atoms in total. The first-order chi connectivity index (χ1) is 16.4. The van der Waals surface area contributed by atoms with Crippen LogP contribution < -0.4 is 15.4 Å². The molecule has 3 N–H and O–H groups in total. The van der Waals surface area contributed by atoms with Crippen molar-refractivity contribution in [1.82, 2.24) is 19.8 Å². The Kier molecular flexibility index (Phi) is 8.29. The molecule has 1 aliphatic rings. The number of nitrogens with zero attached hydrogens (tertiary/aromatic N) is 4. The van der Waals surface area contributed by atoms with Gasteiger partial charge in [-0.2, -0.15) is 0 Å². The largest absolute Gasteiger partial charge is 0.455 e. The number of aliphatic hydroxyl groups excluding tert-OH is 1. The van der Waals surface area contributed by atoms with E-state index in [-0.39, 0.29) is 11.8 Å². The Morgan fingerprint density at radius 2 is 1.86 bits per heavy atom. The van der Waals surface area contributed by atoms with Crippen LogP contribution in [0.4, 0.5) is 16.4 Å². The van der Waals surface area contributed by atoms with Crippen molar-refractivity contribution in [3.63, 3.8) is 0 Å². The summed E-state index contributed by atoms with van der Waals surface area (Å²) < 4.78 is 5.96. The molecule has 3 heterocycles. The quantitative estimate of drug-likeness (QED) is 0.535. The summed E-state index contributed by atoms with van der Waals surface area (Å²) in [6, 6.07) is 6.23. The number of piperidine rings is 1. The van der Waals surface area contributed by atoms with Gasteiger partial charge < -0.3 is 25.0 Å². The first-order valence-corrected chi connectivity index (χ1v) is 11.8. The van der Waals surface area contributed by atoms with Crippen LogP contribution in [0.15, 0.2) is 30.5 Å². The summed E-state index contributed by atoms with van der Waals surface area (Å²) in [4.78, 5) is 37.2. The minimum Gasteiger partial charge on any atom is -0.455 e. The lowest BCUT2D eigenvalue weighted by Gasteiger charge is -2.33. The van der Waals surface area contributed by atoms with E-state index in [1.165, 1.54) is 11.9 Å². The van der Waals surface area contributed by atoms with Gasteiger partial charge >= 0.3 is 6.03 Å². The van der Waals surface area contributed by atoms with Gasteiger partial charge in [0.05, 0.1) is 5.69 Å². The second kappa shape index (κ2) is 11.0. The van der Waals surface area contributed by atoms with E-state index in [0.29, 0.717) is 28.8 Å². The highest BCUT2D eigenvalue weighted by Gasteiger charge is 2.29. The van der Waals surface area contributed by atoms with Gasteiger partial charge in [0, 0.05) is 30.6 Å². The molecule has 1 saturated heterocycles. The third-order valence-corrected chi connectivity index (χ3v) is 6.03. The maximum absolute atomic E-state index is 12.6. The molecule has 2 aromatic rings. The normalized spacial score (nSPS) is 15.9. The minimum atomic E-state index is -0.952. The van der Waals surface area contributed by atoms with Gasteiger partial charge in [-0.25, -0.2) is 14.8 Å². The zero-order chi connectivity index (χ0) is 25.8. The predicted octanol–water partition coefficient (Wildman–Crippen LogP) is 3.69. The van der Waals surface area contributed by atoms with Crippen molar-refractivity contribution in [1.29, 1.82) is 0 Å². The number of pyridine rings is 2. The predicted molar refractivity (Wildman–Crippen MR) is 134 cm³/mol. The Morgan fingerprint density at radius 3 is 2.49 bits per heavy atom. The number of urea groups is 1. The summed E-state index contributed by atoms with van der Waals surface area (Å²) in [6.45, 7) is 9.13. The molecule has 1 atom stereocenters. The number of rotatable bonds is 6. The maximum Gasteiger partial charge on any atom is 0.324 e. The van der Waals surface area contributed by atoms with Gasteiger partial charge in [-0.1, -0.05) is 20.8 Å². The molecular weight excluding hydrogens is 448 g/mol. The fourth-order valence-electron chi connectivity index (χ4n) is 3.78. The molecule has 0 aliphatic carbocycles. The van der Waals surface area contributed by atoms with Crippen LogP contribution in [0.3, 0.4) is 0 Å². The molecule has 10 heteroatoms. The molecule has 1 unspecified atom stereocenters. The van der Waals surface area contributed by atoms with E-state index in [1.807, 2.05) is 20.8 Å². The van der Waals surface area contributed by atoms with Crippen LogP contribution in [0, 0.1) is 18.3 Å². The topological polar surface area (TPSA) is 120 Å². The van der Waals surface area contributed by atoms with Crippen LogP contribution in [0.1, 0.15) is 39.3 Å². The fraction of sp³-hybridized carbons (Fsp3) is 0.520. The zero-order valence-electron chi connectivity index (χ0n) is 21.3. The molecule has 0 radical (unpaired) electrons. The standard InChI is InChI=1S/C25H36N6O4/c1-16-19(7-8-20(27-16)29-24(34)31(6)23(33)25(2,3)4)35-18-9-12-26-21(15-18)28-22(32)17-10-13-30(5)14-11-17/h7-9,12,15,17,23,33H,10-11,13-14H2,1-6H3,(H,26,28,32)(H,27,29,34). The Morgan fingerprint density at radius 1 is 1.17 bits per heavy atom. The SMILES string of the molecule is Cc1nc(NC(=O)N(C)C(O)C(C)(C)C)ccc1Oc1ccnc(NC(=O)C2CCN(C)CC2)c1. The van der Waals surface area contributed by atoms with Crippen molar-refractivity contribution >= 4 is 23.6 Å². The lowest BCUT2D eigenvalue weighted by molar-refractivity contribution is -0.121. The van der Waals surface area contributed by atoms with E-state index in [4.69, 9.17) is 4.74 Å². The monoisotopic (exact) mass is 484 g/mol. The zero-order valence-corrected chi connectivity index (χ0v) is 21.3. The smallest absolute Gasteiger partial charge is 0.324 e. The first kappa shape index (κ1) is 26.4. The summed E-state index contributed by atoms with van der Waals surface area (Å²) in [7, 11) is 3.59. The number of amides is 3. The number of nitrogens with one attached hydrogen (secondary N) is 2. The van der Waals surface area contributed by atoms with Gasteiger partial charge in [-0.05, 0) is 58.1 Å². The lowest BCUT2D eigenvalue weighted by Crippen LogP contribution is -2.46. The number of likely N-dealkylation sites (tertiary alicyclic amines) is 1. The van der Waals surface area contributed by atoms with Gasteiger partial charge in [0.15, 0.2) is 0 Å². The number of carbonyl (C=O) groups excluding carboxylic acids is 2. The van der Waals surface area contributed by atoms with Crippen molar-refractivity contribution in [3.8, 4) is 11.5 Å². The molecule has 35 heavy (non-hydrogen) atoms. The number of aryl methyl sites for hydroxylation is 1. The van der Waals surface area contributed by atoms with Crippen LogP contribution in [0.5, 0.6) is 11.5 Å². The highest BCUT2D eigenvalue weighted by atomic mass is 16.5. The van der Waals surface area contributed by atoms with Crippen LogP contribution in [-0.2, 0) is 4.79 Å². The summed E-state index contributed by atoms with van der Waals surface area (Å²) in [6.07, 6.45) is 2.29. The average Bonchev–Trinajstić information content (AvgIpc) is 2.80. The third kappa shape index (κ3) is 7.12. The number of hydrogen-bond acceptors (Lipinski definition) is 7. The molecule has 0 bridgehead atoms. The van der Waals surface area contributed by atoms with E-state index in [2.05, 4.69) is 32.5 Å². The van der Waals surface area contributed by atoms with Crippen LogP contribution >= 0.6 is 0 Å². The molecule has 3 amide bonds. The number of hydrogen-bond donors (Lipinski definition) is 3. The molecular formula is C25H36N6O4. The highest BCUT2D eigenvalue weighted by Crippen LogP contribution is 2.27. The van der Waals surface area contributed by atoms with Gasteiger partial charge in [0.1, 0.15) is 29.4 Å². The number of carbonyl (C=O) groups is 2. The van der Waals surface area contributed by atoms with Gasteiger partial charge in [0.25, 0.3) is 0 Å². The number of aromatic nitrogens is 2. The van der Waals surface area contributed by atoms with E-state index in [1.54, 1.807) is 37.4 Å². The van der Waals surface area contributed by atoms with Gasteiger partial charge in [-0.15, -0.1) is 0 Å². The van der Waals surface area contributed by atoms with Gasteiger partial charge in [0.2, 0.25) is 5.91 Å². The second-order valence-corrected chi connectivity index (χ2v) is 10.1. The molecule has 0 spiro atoms. The van der Waals surface area contributed by atoms with Gasteiger partial charge in [-0.3, -0.25) is 10.1 Å². The summed E-state index contributed by atoms with van der Waals surface area (Å²) in [5, 5.41) is 15.9. The Hall–Kier alpha value is -3.24. The molecule has 190 valence electrons.